The molecule has 0 unspecified atom stereocenters. The Balaban J connectivity index is 1.38. The van der Waals surface area contributed by atoms with Gasteiger partial charge in [-0.05, 0) is 69.2 Å². The largest absolute Gasteiger partial charge is 0.324 e. The van der Waals surface area contributed by atoms with Crippen molar-refractivity contribution in [3.63, 3.8) is 0 Å². The van der Waals surface area contributed by atoms with Gasteiger partial charge in [-0.3, -0.25) is 9.59 Å². The van der Waals surface area contributed by atoms with Gasteiger partial charge in [-0.25, -0.2) is 0 Å². The van der Waals surface area contributed by atoms with Crippen molar-refractivity contribution in [2.75, 3.05) is 16.4 Å². The maximum Gasteiger partial charge on any atom is 0.255 e. The lowest BCUT2D eigenvalue weighted by molar-refractivity contribution is -0.113. The Hall–Kier alpha value is -3.09. The van der Waals surface area contributed by atoms with Crippen LogP contribution >= 0.6 is 27.7 Å². The summed E-state index contributed by atoms with van der Waals surface area (Å²) < 4.78 is 0.840. The fourth-order valence-corrected chi connectivity index (χ4v) is 4.23. The predicted molar refractivity (Wildman–Crippen MR) is 132 cm³/mol. The van der Waals surface area contributed by atoms with Crippen molar-refractivity contribution < 1.29 is 9.59 Å². The number of rotatable bonds is 6. The minimum atomic E-state index is -0.167. The molecule has 4 aromatic rings. The lowest BCUT2D eigenvalue weighted by Crippen LogP contribution is -2.14. The lowest BCUT2D eigenvalue weighted by atomic mass is 10.1. The molecule has 0 aliphatic rings. The van der Waals surface area contributed by atoms with Crippen molar-refractivity contribution >= 4 is 61.7 Å². The van der Waals surface area contributed by atoms with E-state index in [9.17, 15) is 9.59 Å². The first-order valence-electron chi connectivity index (χ1n) is 9.66. The van der Waals surface area contributed by atoms with Crippen LogP contribution in [0, 0.1) is 0 Å². The molecule has 0 spiro atoms. The highest BCUT2D eigenvalue weighted by molar-refractivity contribution is 9.10. The molecule has 0 radical (unpaired) electrons. The van der Waals surface area contributed by atoms with E-state index in [-0.39, 0.29) is 17.6 Å². The molecule has 0 atom stereocenters. The van der Waals surface area contributed by atoms with Gasteiger partial charge in [-0.1, -0.05) is 48.5 Å². The van der Waals surface area contributed by atoms with Crippen molar-refractivity contribution in [2.45, 2.75) is 4.90 Å². The summed E-state index contributed by atoms with van der Waals surface area (Å²) in [7, 11) is 0. The number of halogens is 1. The molecule has 0 aliphatic carbocycles. The van der Waals surface area contributed by atoms with E-state index in [2.05, 4.69) is 26.6 Å². The van der Waals surface area contributed by atoms with Crippen LogP contribution in [0.3, 0.4) is 0 Å². The van der Waals surface area contributed by atoms with Gasteiger partial charge in [0.1, 0.15) is 0 Å². The zero-order valence-corrected chi connectivity index (χ0v) is 18.9. The molecule has 0 heterocycles. The third-order valence-corrected chi connectivity index (χ3v) is 6.31. The van der Waals surface area contributed by atoms with Crippen LogP contribution in [-0.4, -0.2) is 17.6 Å². The van der Waals surface area contributed by atoms with Gasteiger partial charge in [0.05, 0.1) is 11.4 Å². The summed E-state index contributed by atoms with van der Waals surface area (Å²) in [5.41, 5.74) is 2.03. The monoisotopic (exact) mass is 490 g/mol. The van der Waals surface area contributed by atoms with Crippen molar-refractivity contribution in [2.24, 2.45) is 0 Å². The van der Waals surface area contributed by atoms with Crippen LogP contribution in [-0.2, 0) is 4.79 Å². The SMILES string of the molecule is O=C(CSc1cccc(NC(=O)c2ccc3ccccc3c2)c1)Nc1ccccc1Br. The first-order valence-corrected chi connectivity index (χ1v) is 11.4. The van der Waals surface area contributed by atoms with E-state index in [1.54, 1.807) is 0 Å². The van der Waals surface area contributed by atoms with E-state index in [4.69, 9.17) is 0 Å². The van der Waals surface area contributed by atoms with E-state index in [1.807, 2.05) is 91.0 Å². The van der Waals surface area contributed by atoms with Gasteiger partial charge in [0.25, 0.3) is 5.91 Å². The van der Waals surface area contributed by atoms with Gasteiger partial charge >= 0.3 is 0 Å². The first-order chi connectivity index (χ1) is 15.1. The third kappa shape index (κ3) is 5.54. The predicted octanol–water partition coefficient (Wildman–Crippen LogP) is 6.59. The summed E-state index contributed by atoms with van der Waals surface area (Å²) in [5.74, 6) is 0.00530. The minimum absolute atomic E-state index is 0.0949. The summed E-state index contributed by atoms with van der Waals surface area (Å²) in [6.07, 6.45) is 0. The Morgan fingerprint density at radius 2 is 1.55 bits per heavy atom. The van der Waals surface area contributed by atoms with E-state index in [1.165, 1.54) is 11.8 Å². The van der Waals surface area contributed by atoms with Gasteiger partial charge < -0.3 is 10.6 Å². The number of anilines is 2. The number of hydrogen-bond donors (Lipinski definition) is 2. The summed E-state index contributed by atoms with van der Waals surface area (Å²) in [6, 6.07) is 28.6. The maximum atomic E-state index is 12.7. The summed E-state index contributed by atoms with van der Waals surface area (Å²) >= 11 is 4.84. The molecule has 154 valence electrons. The topological polar surface area (TPSA) is 58.2 Å². The molecule has 0 saturated heterocycles. The van der Waals surface area contributed by atoms with E-state index in [0.29, 0.717) is 11.3 Å². The van der Waals surface area contributed by atoms with Crippen LogP contribution in [0.4, 0.5) is 11.4 Å². The highest BCUT2D eigenvalue weighted by atomic mass is 79.9. The standard InChI is InChI=1S/C25H19BrN2O2S/c26-22-10-3-4-11-23(22)28-24(29)16-31-21-9-5-8-20(15-21)27-25(30)19-13-12-17-6-1-2-7-18(17)14-19/h1-15H,16H2,(H,27,30)(H,28,29). The summed E-state index contributed by atoms with van der Waals surface area (Å²) in [4.78, 5) is 25.9. The minimum Gasteiger partial charge on any atom is -0.324 e. The van der Waals surface area contributed by atoms with Crippen LogP contribution in [0.15, 0.2) is 100 Å². The molecule has 2 amide bonds. The number of nitrogens with one attached hydrogen (secondary N) is 2. The molecule has 4 nitrogen and oxygen atoms in total. The van der Waals surface area contributed by atoms with Crippen LogP contribution in [0.2, 0.25) is 0 Å². The van der Waals surface area contributed by atoms with Crippen molar-refractivity contribution in [3.8, 4) is 0 Å². The van der Waals surface area contributed by atoms with E-state index in [0.717, 1.165) is 25.8 Å². The molecule has 6 heteroatoms. The lowest BCUT2D eigenvalue weighted by Gasteiger charge is -2.09. The molecule has 31 heavy (non-hydrogen) atoms. The Morgan fingerprint density at radius 3 is 2.39 bits per heavy atom. The van der Waals surface area contributed by atoms with Crippen LogP contribution in [0.1, 0.15) is 10.4 Å². The second-order valence-corrected chi connectivity index (χ2v) is 8.76. The van der Waals surface area contributed by atoms with Gasteiger partial charge in [-0.2, -0.15) is 0 Å². The Bertz CT molecular complexity index is 1260. The third-order valence-electron chi connectivity index (χ3n) is 4.62. The van der Waals surface area contributed by atoms with Crippen molar-refractivity contribution in [1.29, 1.82) is 0 Å². The smallest absolute Gasteiger partial charge is 0.255 e. The highest BCUT2D eigenvalue weighted by Crippen LogP contribution is 2.25. The van der Waals surface area contributed by atoms with Gasteiger partial charge in [0, 0.05) is 20.6 Å². The van der Waals surface area contributed by atoms with Gasteiger partial charge in [0.2, 0.25) is 5.91 Å². The number of benzene rings is 4. The molecule has 0 saturated carbocycles. The second-order valence-electron chi connectivity index (χ2n) is 6.86. The zero-order valence-electron chi connectivity index (χ0n) is 16.5. The Morgan fingerprint density at radius 1 is 0.774 bits per heavy atom. The van der Waals surface area contributed by atoms with Gasteiger partial charge in [0.15, 0.2) is 0 Å². The summed E-state index contributed by atoms with van der Waals surface area (Å²) in [6.45, 7) is 0. The fraction of sp³-hybridized carbons (Fsp3) is 0.0400. The first kappa shape index (κ1) is 21.2. The quantitative estimate of drug-likeness (QED) is 0.300. The number of fused-ring (bicyclic) bond motifs is 1. The number of thioether (sulfide) groups is 1. The molecule has 2 N–H and O–H groups in total. The second kappa shape index (κ2) is 9.81. The Kier molecular flexibility index (Phi) is 6.70. The number of carbonyl (C=O) groups is 2. The van der Waals surface area contributed by atoms with Gasteiger partial charge in [-0.15, -0.1) is 11.8 Å². The van der Waals surface area contributed by atoms with Crippen LogP contribution in [0.5, 0.6) is 0 Å². The molecular weight excluding hydrogens is 472 g/mol. The van der Waals surface area contributed by atoms with E-state index < -0.39 is 0 Å². The fourth-order valence-electron chi connectivity index (χ4n) is 3.10. The molecule has 0 aromatic heterocycles. The maximum absolute atomic E-state index is 12.7. The Labute approximate surface area is 193 Å². The summed E-state index contributed by atoms with van der Waals surface area (Å²) in [5, 5.41) is 7.95. The zero-order chi connectivity index (χ0) is 21.6. The van der Waals surface area contributed by atoms with Crippen molar-refractivity contribution in [1.82, 2.24) is 0 Å². The van der Waals surface area contributed by atoms with Crippen molar-refractivity contribution in [3.05, 3.63) is 101 Å². The average Bonchev–Trinajstić information content (AvgIpc) is 2.79. The molecular formula is C25H19BrN2O2S. The molecule has 0 aliphatic heterocycles. The van der Waals surface area contributed by atoms with Crippen LogP contribution in [0.25, 0.3) is 10.8 Å². The normalized spacial score (nSPS) is 10.6. The number of para-hydroxylation sites is 1. The molecule has 0 bridgehead atoms. The number of carbonyl (C=O) groups excluding carboxylic acids is 2. The van der Waals surface area contributed by atoms with Crippen LogP contribution < -0.4 is 10.6 Å². The molecule has 0 fully saturated rings. The number of hydrogen-bond acceptors (Lipinski definition) is 3. The number of amides is 2. The highest BCUT2D eigenvalue weighted by Gasteiger charge is 2.09. The average molecular weight is 491 g/mol. The van der Waals surface area contributed by atoms with E-state index >= 15 is 0 Å². The molecule has 4 rings (SSSR count). The molecule has 4 aromatic carbocycles.